The van der Waals surface area contributed by atoms with Crippen molar-refractivity contribution >= 4 is 11.6 Å². The number of piperazine rings is 1. The molecule has 0 saturated carbocycles. The first kappa shape index (κ1) is 19.8. The number of nitrogens with zero attached hydrogens (tertiary/aromatic N) is 3. The molecule has 0 radical (unpaired) electrons. The van der Waals surface area contributed by atoms with Gasteiger partial charge in [0.15, 0.2) is 0 Å². The van der Waals surface area contributed by atoms with Gasteiger partial charge in [0, 0.05) is 39.3 Å². The minimum atomic E-state index is -0.182. The maximum absolute atomic E-state index is 13.4. The highest BCUT2D eigenvalue weighted by atomic mass is 16.5. The van der Waals surface area contributed by atoms with E-state index in [-0.39, 0.29) is 11.9 Å². The van der Waals surface area contributed by atoms with Crippen LogP contribution < -0.4 is 9.64 Å². The second kappa shape index (κ2) is 9.31. The molecule has 0 aromatic heterocycles. The van der Waals surface area contributed by atoms with Crippen molar-refractivity contribution in [2.45, 2.75) is 25.8 Å². The van der Waals surface area contributed by atoms with E-state index in [0.29, 0.717) is 6.61 Å². The lowest BCUT2D eigenvalue weighted by Gasteiger charge is -2.41. The summed E-state index contributed by atoms with van der Waals surface area (Å²) in [5.41, 5.74) is 2.25. The third kappa shape index (κ3) is 4.40. The summed E-state index contributed by atoms with van der Waals surface area (Å²) in [5, 5.41) is 0. The zero-order valence-corrected chi connectivity index (χ0v) is 17.3. The highest BCUT2D eigenvalue weighted by Crippen LogP contribution is 2.31. The normalized spacial score (nSPS) is 18.7. The van der Waals surface area contributed by atoms with Crippen molar-refractivity contribution in [2.75, 3.05) is 50.8 Å². The van der Waals surface area contributed by atoms with Gasteiger partial charge in [-0.25, -0.2) is 0 Å². The minimum absolute atomic E-state index is 0.182. The zero-order chi connectivity index (χ0) is 20.1. The summed E-state index contributed by atoms with van der Waals surface area (Å²) >= 11 is 0. The lowest BCUT2D eigenvalue weighted by Crippen LogP contribution is -2.51. The molecular formula is C24H31N3O2. The molecular weight excluding hydrogens is 362 g/mol. The summed E-state index contributed by atoms with van der Waals surface area (Å²) in [6.07, 6.45) is 2.24. The Balaban J connectivity index is 1.50. The number of carbonyl (C=O) groups excluding carboxylic acids is 1. The number of rotatable bonds is 6. The van der Waals surface area contributed by atoms with Gasteiger partial charge in [0.05, 0.1) is 12.3 Å². The van der Waals surface area contributed by atoms with E-state index >= 15 is 0 Å². The van der Waals surface area contributed by atoms with Gasteiger partial charge in [0.2, 0.25) is 5.91 Å². The highest BCUT2D eigenvalue weighted by molar-refractivity contribution is 5.83. The van der Waals surface area contributed by atoms with Crippen molar-refractivity contribution in [1.29, 1.82) is 0 Å². The van der Waals surface area contributed by atoms with E-state index in [0.717, 1.165) is 69.1 Å². The Morgan fingerprint density at radius 2 is 1.55 bits per heavy atom. The number of amides is 1. The van der Waals surface area contributed by atoms with Crippen molar-refractivity contribution in [3.8, 4) is 5.75 Å². The highest BCUT2D eigenvalue weighted by Gasteiger charge is 2.34. The summed E-state index contributed by atoms with van der Waals surface area (Å²) in [6, 6.07) is 18.3. The van der Waals surface area contributed by atoms with E-state index in [1.54, 1.807) is 0 Å². The van der Waals surface area contributed by atoms with Crippen LogP contribution in [0.5, 0.6) is 5.75 Å². The van der Waals surface area contributed by atoms with Gasteiger partial charge in [0.25, 0.3) is 0 Å². The molecule has 2 fully saturated rings. The van der Waals surface area contributed by atoms with Crippen molar-refractivity contribution in [3.63, 3.8) is 0 Å². The van der Waals surface area contributed by atoms with Gasteiger partial charge < -0.3 is 14.5 Å². The molecule has 1 atom stereocenters. The molecule has 2 aliphatic heterocycles. The summed E-state index contributed by atoms with van der Waals surface area (Å²) in [5.74, 6) is 1.20. The third-order valence-corrected chi connectivity index (χ3v) is 5.95. The van der Waals surface area contributed by atoms with Crippen molar-refractivity contribution in [1.82, 2.24) is 9.80 Å². The van der Waals surface area contributed by atoms with Crippen LogP contribution in [0.3, 0.4) is 0 Å². The Morgan fingerprint density at radius 3 is 2.24 bits per heavy atom. The maximum atomic E-state index is 13.4. The van der Waals surface area contributed by atoms with Gasteiger partial charge in [-0.3, -0.25) is 9.69 Å². The quantitative estimate of drug-likeness (QED) is 0.752. The SMILES string of the molecule is CCOc1ccccc1N1CCN(C(C(=O)N2CCCC2)c2ccccc2)CC1. The van der Waals surface area contributed by atoms with Gasteiger partial charge >= 0.3 is 0 Å². The predicted octanol–water partition coefficient (Wildman–Crippen LogP) is 3.57. The first-order valence-electron chi connectivity index (χ1n) is 10.8. The molecule has 1 unspecified atom stereocenters. The van der Waals surface area contributed by atoms with Crippen LogP contribution >= 0.6 is 0 Å². The van der Waals surface area contributed by atoms with E-state index in [4.69, 9.17) is 4.74 Å². The third-order valence-electron chi connectivity index (χ3n) is 5.95. The van der Waals surface area contributed by atoms with Gasteiger partial charge in [-0.15, -0.1) is 0 Å². The van der Waals surface area contributed by atoms with Crippen LogP contribution in [0.2, 0.25) is 0 Å². The fourth-order valence-electron chi connectivity index (χ4n) is 4.47. The number of ether oxygens (including phenoxy) is 1. The second-order valence-electron chi connectivity index (χ2n) is 7.77. The molecule has 0 spiro atoms. The topological polar surface area (TPSA) is 36.0 Å². The van der Waals surface area contributed by atoms with Gasteiger partial charge in [-0.1, -0.05) is 42.5 Å². The first-order chi connectivity index (χ1) is 14.3. The first-order valence-corrected chi connectivity index (χ1v) is 10.8. The number of hydrogen-bond donors (Lipinski definition) is 0. The van der Waals surface area contributed by atoms with Gasteiger partial charge in [-0.2, -0.15) is 0 Å². The molecule has 2 aromatic carbocycles. The molecule has 0 N–H and O–H groups in total. The molecule has 154 valence electrons. The summed E-state index contributed by atoms with van der Waals surface area (Å²) in [6.45, 7) is 7.97. The molecule has 5 heteroatoms. The molecule has 0 aliphatic carbocycles. The molecule has 29 heavy (non-hydrogen) atoms. The van der Waals surface area contributed by atoms with Crippen LogP contribution in [0.4, 0.5) is 5.69 Å². The number of benzene rings is 2. The van der Waals surface area contributed by atoms with Crippen LogP contribution in [0.25, 0.3) is 0 Å². The Hall–Kier alpha value is -2.53. The average Bonchev–Trinajstić information content (AvgIpc) is 3.31. The molecule has 5 nitrogen and oxygen atoms in total. The van der Waals surface area contributed by atoms with Crippen LogP contribution in [0.15, 0.2) is 54.6 Å². The van der Waals surface area contributed by atoms with Gasteiger partial charge in [-0.05, 0) is 37.5 Å². The number of carbonyl (C=O) groups is 1. The molecule has 2 aliphatic rings. The average molecular weight is 394 g/mol. The fourth-order valence-corrected chi connectivity index (χ4v) is 4.47. The Morgan fingerprint density at radius 1 is 0.897 bits per heavy atom. The van der Waals surface area contributed by atoms with E-state index in [9.17, 15) is 4.79 Å². The summed E-state index contributed by atoms with van der Waals surface area (Å²) < 4.78 is 5.82. The van der Waals surface area contributed by atoms with Crippen molar-refractivity contribution in [3.05, 3.63) is 60.2 Å². The van der Waals surface area contributed by atoms with Crippen LogP contribution in [-0.4, -0.2) is 61.6 Å². The standard InChI is InChI=1S/C24H31N3O2/c1-2-29-22-13-7-6-12-21(22)25-16-18-26(19-17-25)23(20-10-4-3-5-11-20)24(28)27-14-8-9-15-27/h3-7,10-13,23H,2,8-9,14-19H2,1H3. The Bertz CT molecular complexity index is 797. The second-order valence-corrected chi connectivity index (χ2v) is 7.77. The van der Waals surface area contributed by atoms with Crippen molar-refractivity contribution in [2.24, 2.45) is 0 Å². The molecule has 4 rings (SSSR count). The lowest BCUT2D eigenvalue weighted by atomic mass is 10.0. The number of likely N-dealkylation sites (tertiary alicyclic amines) is 1. The number of hydrogen-bond acceptors (Lipinski definition) is 4. The molecule has 0 bridgehead atoms. The minimum Gasteiger partial charge on any atom is -0.492 e. The smallest absolute Gasteiger partial charge is 0.244 e. The molecule has 1 amide bonds. The van der Waals surface area contributed by atoms with E-state index < -0.39 is 0 Å². The predicted molar refractivity (Wildman–Crippen MR) is 116 cm³/mol. The Labute approximate surface area is 173 Å². The Kier molecular flexibility index (Phi) is 6.35. The van der Waals surface area contributed by atoms with E-state index in [1.165, 1.54) is 0 Å². The summed E-state index contributed by atoms with van der Waals surface area (Å²) in [4.78, 5) is 20.2. The molecule has 2 aromatic rings. The largest absolute Gasteiger partial charge is 0.492 e. The number of anilines is 1. The lowest BCUT2D eigenvalue weighted by molar-refractivity contribution is -0.136. The fraction of sp³-hybridized carbons (Fsp3) is 0.458. The summed E-state index contributed by atoms with van der Waals surface area (Å²) in [7, 11) is 0. The van der Waals surface area contributed by atoms with Gasteiger partial charge in [0.1, 0.15) is 11.8 Å². The number of para-hydroxylation sites is 2. The van der Waals surface area contributed by atoms with Crippen molar-refractivity contribution < 1.29 is 9.53 Å². The molecule has 2 saturated heterocycles. The molecule has 2 heterocycles. The van der Waals surface area contributed by atoms with Crippen LogP contribution in [0.1, 0.15) is 31.4 Å². The van der Waals surface area contributed by atoms with Crippen LogP contribution in [0, 0.1) is 0 Å². The maximum Gasteiger partial charge on any atom is 0.244 e. The van der Waals surface area contributed by atoms with E-state index in [2.05, 4.69) is 39.0 Å². The van der Waals surface area contributed by atoms with Crippen LogP contribution in [-0.2, 0) is 4.79 Å². The monoisotopic (exact) mass is 393 g/mol. The van der Waals surface area contributed by atoms with E-state index in [1.807, 2.05) is 37.3 Å². The zero-order valence-electron chi connectivity index (χ0n) is 17.3.